The van der Waals surface area contributed by atoms with Crippen LogP contribution in [0.3, 0.4) is 0 Å². The van der Waals surface area contributed by atoms with Crippen molar-refractivity contribution in [2.45, 2.75) is 66.7 Å². The van der Waals surface area contributed by atoms with Gasteiger partial charge >= 0.3 is 0 Å². The topological polar surface area (TPSA) is 75.9 Å². The zero-order valence-electron chi connectivity index (χ0n) is 19.2. The van der Waals surface area contributed by atoms with Crippen molar-refractivity contribution in [3.63, 3.8) is 0 Å². The minimum atomic E-state index is 0.0497. The Bertz CT molecular complexity index is 855. The molecule has 0 bridgehead atoms. The van der Waals surface area contributed by atoms with Crippen molar-refractivity contribution in [1.82, 2.24) is 30.0 Å². The summed E-state index contributed by atoms with van der Waals surface area (Å²) in [7, 11) is 0. The van der Waals surface area contributed by atoms with Crippen molar-refractivity contribution < 1.29 is 4.79 Å². The zero-order chi connectivity index (χ0) is 21.7. The van der Waals surface area contributed by atoms with E-state index in [1.165, 1.54) is 25.9 Å². The molecule has 1 amide bonds. The van der Waals surface area contributed by atoms with Crippen LogP contribution in [0, 0.1) is 33.6 Å². The first kappa shape index (κ1) is 22.4. The summed E-state index contributed by atoms with van der Waals surface area (Å²) in [5.74, 6) is 1.43. The summed E-state index contributed by atoms with van der Waals surface area (Å²) in [5, 5.41) is 7.66. The second kappa shape index (κ2) is 10.2. The Labute approximate surface area is 180 Å². The molecule has 1 unspecified atom stereocenters. The van der Waals surface area contributed by atoms with Gasteiger partial charge in [0, 0.05) is 35.7 Å². The number of carbonyl (C=O) groups excluding carboxylic acids is 1. The molecule has 2 aromatic heterocycles. The van der Waals surface area contributed by atoms with Crippen LogP contribution in [0.2, 0.25) is 0 Å². The largest absolute Gasteiger partial charge is 0.356 e. The fourth-order valence-electron chi connectivity index (χ4n) is 4.33. The number of unbranched alkanes of at least 4 members (excludes halogenated alkanes) is 1. The van der Waals surface area contributed by atoms with Crippen LogP contribution in [-0.2, 0) is 11.2 Å². The van der Waals surface area contributed by atoms with Crippen LogP contribution in [0.4, 0.5) is 0 Å². The fourth-order valence-corrected chi connectivity index (χ4v) is 4.33. The molecule has 2 aromatic rings. The Morgan fingerprint density at radius 3 is 2.60 bits per heavy atom. The lowest BCUT2D eigenvalue weighted by Gasteiger charge is -2.30. The highest BCUT2D eigenvalue weighted by molar-refractivity contribution is 5.79. The van der Waals surface area contributed by atoms with Gasteiger partial charge in [-0.2, -0.15) is 5.10 Å². The third kappa shape index (κ3) is 5.88. The highest BCUT2D eigenvalue weighted by Gasteiger charge is 2.18. The number of rotatable bonds is 8. The van der Waals surface area contributed by atoms with Crippen molar-refractivity contribution in [3.05, 3.63) is 34.4 Å². The minimum absolute atomic E-state index is 0.0497. The first-order valence-electron chi connectivity index (χ1n) is 11.2. The van der Waals surface area contributed by atoms with Gasteiger partial charge in [0.25, 0.3) is 5.95 Å². The maximum absolute atomic E-state index is 12.5. The number of nitrogens with one attached hydrogen (secondary N) is 1. The van der Waals surface area contributed by atoms with E-state index in [1.54, 1.807) is 4.68 Å². The van der Waals surface area contributed by atoms with Gasteiger partial charge in [0.1, 0.15) is 0 Å². The average Bonchev–Trinajstić information content (AvgIpc) is 2.95. The van der Waals surface area contributed by atoms with E-state index in [2.05, 4.69) is 32.2 Å². The minimum Gasteiger partial charge on any atom is -0.356 e. The number of piperidine rings is 1. The van der Waals surface area contributed by atoms with Crippen molar-refractivity contribution >= 4 is 5.91 Å². The molecule has 1 atom stereocenters. The van der Waals surface area contributed by atoms with Crippen LogP contribution >= 0.6 is 0 Å². The maximum atomic E-state index is 12.5. The summed E-state index contributed by atoms with van der Waals surface area (Å²) in [6.45, 7) is 14.5. The molecule has 3 heterocycles. The quantitative estimate of drug-likeness (QED) is 0.675. The average molecular weight is 413 g/mol. The van der Waals surface area contributed by atoms with Crippen LogP contribution in [0.15, 0.2) is 6.07 Å². The van der Waals surface area contributed by atoms with E-state index >= 15 is 0 Å². The summed E-state index contributed by atoms with van der Waals surface area (Å²) >= 11 is 0. The van der Waals surface area contributed by atoms with Gasteiger partial charge in [-0.1, -0.05) is 6.92 Å². The Morgan fingerprint density at radius 2 is 1.90 bits per heavy atom. The molecule has 164 valence electrons. The molecule has 0 spiro atoms. The number of nitrogens with zero attached hydrogens (tertiary/aromatic N) is 5. The monoisotopic (exact) mass is 412 g/mol. The molecule has 30 heavy (non-hydrogen) atoms. The van der Waals surface area contributed by atoms with Crippen LogP contribution in [0.1, 0.15) is 60.9 Å². The van der Waals surface area contributed by atoms with E-state index in [0.29, 0.717) is 12.4 Å². The lowest BCUT2D eigenvalue weighted by atomic mass is 10.0. The van der Waals surface area contributed by atoms with Crippen LogP contribution < -0.4 is 5.32 Å². The summed E-state index contributed by atoms with van der Waals surface area (Å²) in [5.41, 5.74) is 4.54. The molecule has 0 aliphatic carbocycles. The molecule has 1 aliphatic heterocycles. The molecule has 7 nitrogen and oxygen atoms in total. The normalized spacial score (nSPS) is 17.3. The fraction of sp³-hybridized carbons (Fsp3) is 0.652. The number of amides is 1. The highest BCUT2D eigenvalue weighted by Crippen LogP contribution is 2.18. The standard InChI is InChI=1S/C23H36N6O/c1-16-9-8-12-28(15-16)11-7-6-10-24-22(30)14-21-19(4)27-29(20(21)5)23-25-17(2)13-18(3)26-23/h13,16H,6-12,14-15H2,1-5H3,(H,24,30). The van der Waals surface area contributed by atoms with Gasteiger partial charge in [-0.25, -0.2) is 14.6 Å². The highest BCUT2D eigenvalue weighted by atomic mass is 16.1. The van der Waals surface area contributed by atoms with E-state index in [9.17, 15) is 4.79 Å². The number of carbonyl (C=O) groups is 1. The van der Waals surface area contributed by atoms with Crippen LogP contribution in [-0.4, -0.2) is 56.7 Å². The lowest BCUT2D eigenvalue weighted by molar-refractivity contribution is -0.120. The van der Waals surface area contributed by atoms with Gasteiger partial charge in [-0.15, -0.1) is 0 Å². The Kier molecular flexibility index (Phi) is 7.58. The van der Waals surface area contributed by atoms with E-state index in [1.807, 2.05) is 33.8 Å². The van der Waals surface area contributed by atoms with Gasteiger partial charge < -0.3 is 10.2 Å². The molecule has 7 heteroatoms. The van der Waals surface area contributed by atoms with Crippen molar-refractivity contribution in [2.24, 2.45) is 5.92 Å². The van der Waals surface area contributed by atoms with Gasteiger partial charge in [-0.05, 0) is 78.5 Å². The Balaban J connectivity index is 1.49. The molecule has 0 saturated carbocycles. The number of aromatic nitrogens is 4. The summed E-state index contributed by atoms with van der Waals surface area (Å²) in [6.07, 6.45) is 5.17. The van der Waals surface area contributed by atoms with Gasteiger partial charge in [0.2, 0.25) is 5.91 Å². The first-order chi connectivity index (χ1) is 14.3. The van der Waals surface area contributed by atoms with Crippen LogP contribution in [0.25, 0.3) is 5.95 Å². The molecule has 1 fully saturated rings. The number of hydrogen-bond acceptors (Lipinski definition) is 5. The molecule has 1 saturated heterocycles. The van der Waals surface area contributed by atoms with E-state index in [0.717, 1.165) is 60.2 Å². The third-order valence-corrected chi connectivity index (χ3v) is 5.90. The number of aryl methyl sites for hydroxylation is 3. The molecular formula is C23H36N6O. The first-order valence-corrected chi connectivity index (χ1v) is 11.2. The second-order valence-electron chi connectivity index (χ2n) is 8.79. The molecule has 3 rings (SSSR count). The maximum Gasteiger partial charge on any atom is 0.251 e. The van der Waals surface area contributed by atoms with Crippen molar-refractivity contribution in [1.29, 1.82) is 0 Å². The predicted octanol–water partition coefficient (Wildman–Crippen LogP) is 3.07. The summed E-state index contributed by atoms with van der Waals surface area (Å²) in [6, 6.07) is 1.94. The molecular weight excluding hydrogens is 376 g/mol. The smallest absolute Gasteiger partial charge is 0.251 e. The number of likely N-dealkylation sites (tertiary alicyclic amines) is 1. The molecule has 0 aromatic carbocycles. The summed E-state index contributed by atoms with van der Waals surface area (Å²) in [4.78, 5) is 24.0. The lowest BCUT2D eigenvalue weighted by Crippen LogP contribution is -2.35. The van der Waals surface area contributed by atoms with Gasteiger partial charge in [0.05, 0.1) is 12.1 Å². The Hall–Kier alpha value is -2.28. The second-order valence-corrected chi connectivity index (χ2v) is 8.79. The van der Waals surface area contributed by atoms with Gasteiger partial charge in [0.15, 0.2) is 0 Å². The van der Waals surface area contributed by atoms with E-state index in [-0.39, 0.29) is 5.91 Å². The molecule has 0 radical (unpaired) electrons. The van der Waals surface area contributed by atoms with E-state index in [4.69, 9.17) is 0 Å². The van der Waals surface area contributed by atoms with Crippen LogP contribution in [0.5, 0.6) is 0 Å². The zero-order valence-corrected chi connectivity index (χ0v) is 19.2. The molecule has 1 N–H and O–H groups in total. The number of hydrogen-bond donors (Lipinski definition) is 1. The predicted molar refractivity (Wildman–Crippen MR) is 119 cm³/mol. The Morgan fingerprint density at radius 1 is 1.17 bits per heavy atom. The third-order valence-electron chi connectivity index (χ3n) is 5.90. The van der Waals surface area contributed by atoms with Crippen molar-refractivity contribution in [2.75, 3.05) is 26.2 Å². The SMILES string of the molecule is Cc1cc(C)nc(-n2nc(C)c(CC(=O)NCCCCN3CCCC(C)C3)c2C)n1. The van der Waals surface area contributed by atoms with E-state index < -0.39 is 0 Å². The van der Waals surface area contributed by atoms with Gasteiger partial charge in [-0.3, -0.25) is 4.79 Å². The molecule has 1 aliphatic rings. The van der Waals surface area contributed by atoms with Crippen molar-refractivity contribution in [3.8, 4) is 5.95 Å². The summed E-state index contributed by atoms with van der Waals surface area (Å²) < 4.78 is 1.75.